The van der Waals surface area contributed by atoms with Crippen LogP contribution in [0.25, 0.3) is 0 Å². The van der Waals surface area contributed by atoms with Gasteiger partial charge in [0.25, 0.3) is 0 Å². The van der Waals surface area contributed by atoms with Gasteiger partial charge in [0.05, 0.1) is 6.10 Å². The molecule has 0 saturated carbocycles. The molecule has 2 heteroatoms. The van der Waals surface area contributed by atoms with Crippen molar-refractivity contribution in [3.8, 4) is 0 Å². The van der Waals surface area contributed by atoms with E-state index in [0.29, 0.717) is 6.42 Å². The highest BCUT2D eigenvalue weighted by Gasteiger charge is 2.04. The first-order valence-electron chi connectivity index (χ1n) is 3.90. The SMILES string of the molecule is C.C.C.C.CCCC(=O)OC(C)CC. The van der Waals surface area contributed by atoms with Gasteiger partial charge in [0.2, 0.25) is 0 Å². The Hall–Kier alpha value is -0.530. The number of esters is 1. The van der Waals surface area contributed by atoms with Gasteiger partial charge in [-0.15, -0.1) is 0 Å². The van der Waals surface area contributed by atoms with Crippen molar-refractivity contribution in [3.05, 3.63) is 0 Å². The molecule has 0 heterocycles. The van der Waals surface area contributed by atoms with Gasteiger partial charge in [0.1, 0.15) is 0 Å². The maximum absolute atomic E-state index is 10.8. The molecular formula is C12H32O2. The molecule has 0 aliphatic rings. The Bertz CT molecular complexity index is 100. The average molecular weight is 208 g/mol. The van der Waals surface area contributed by atoms with Gasteiger partial charge < -0.3 is 4.74 Å². The summed E-state index contributed by atoms with van der Waals surface area (Å²) in [5, 5.41) is 0. The lowest BCUT2D eigenvalue weighted by Crippen LogP contribution is -2.12. The molecule has 0 bridgehead atoms. The Morgan fingerprint density at radius 1 is 1.14 bits per heavy atom. The van der Waals surface area contributed by atoms with Gasteiger partial charge in [0, 0.05) is 6.42 Å². The van der Waals surface area contributed by atoms with Crippen LogP contribution in [-0.2, 0) is 9.53 Å². The fourth-order valence-corrected chi connectivity index (χ4v) is 0.571. The molecule has 0 saturated heterocycles. The van der Waals surface area contributed by atoms with Crippen LogP contribution in [0.4, 0.5) is 0 Å². The van der Waals surface area contributed by atoms with Crippen LogP contribution in [0.1, 0.15) is 69.7 Å². The maximum atomic E-state index is 10.8. The number of ether oxygens (including phenoxy) is 1. The molecule has 2 nitrogen and oxygen atoms in total. The van der Waals surface area contributed by atoms with Crippen molar-refractivity contribution in [1.29, 1.82) is 0 Å². The second-order valence-electron chi connectivity index (χ2n) is 2.46. The molecule has 1 atom stereocenters. The highest BCUT2D eigenvalue weighted by Crippen LogP contribution is 1.99. The van der Waals surface area contributed by atoms with Gasteiger partial charge in [-0.25, -0.2) is 0 Å². The summed E-state index contributed by atoms with van der Waals surface area (Å²) in [7, 11) is 0. The van der Waals surface area contributed by atoms with Crippen molar-refractivity contribution in [2.24, 2.45) is 0 Å². The van der Waals surface area contributed by atoms with Crippen LogP contribution >= 0.6 is 0 Å². The summed E-state index contributed by atoms with van der Waals surface area (Å²) < 4.78 is 5.00. The first-order chi connectivity index (χ1) is 4.70. The van der Waals surface area contributed by atoms with Crippen molar-refractivity contribution >= 4 is 5.97 Å². The molecule has 0 aromatic rings. The Morgan fingerprint density at radius 2 is 1.57 bits per heavy atom. The minimum Gasteiger partial charge on any atom is -0.463 e. The Kier molecular flexibility index (Phi) is 38.2. The van der Waals surface area contributed by atoms with E-state index in [-0.39, 0.29) is 41.8 Å². The van der Waals surface area contributed by atoms with E-state index in [1.807, 2.05) is 20.8 Å². The molecule has 0 aliphatic carbocycles. The maximum Gasteiger partial charge on any atom is 0.306 e. The molecule has 0 aromatic heterocycles. The van der Waals surface area contributed by atoms with E-state index in [1.54, 1.807) is 0 Å². The summed E-state index contributed by atoms with van der Waals surface area (Å²) in [6, 6.07) is 0. The molecule has 0 N–H and O–H groups in total. The predicted molar refractivity (Wildman–Crippen MR) is 67.7 cm³/mol. The Morgan fingerprint density at radius 3 is 1.86 bits per heavy atom. The van der Waals surface area contributed by atoms with E-state index in [9.17, 15) is 4.79 Å². The zero-order valence-corrected chi connectivity index (χ0v) is 7.02. The Labute approximate surface area is 92.1 Å². The lowest BCUT2D eigenvalue weighted by atomic mass is 10.3. The molecule has 0 amide bonds. The molecule has 0 spiro atoms. The largest absolute Gasteiger partial charge is 0.463 e. The van der Waals surface area contributed by atoms with E-state index in [4.69, 9.17) is 4.74 Å². The summed E-state index contributed by atoms with van der Waals surface area (Å²) in [5.74, 6) is -0.0724. The lowest BCUT2D eigenvalue weighted by molar-refractivity contribution is -0.148. The van der Waals surface area contributed by atoms with Crippen molar-refractivity contribution in [3.63, 3.8) is 0 Å². The van der Waals surface area contributed by atoms with Crippen LogP contribution in [-0.4, -0.2) is 12.1 Å². The molecule has 0 aromatic carbocycles. The monoisotopic (exact) mass is 208 g/mol. The third-order valence-corrected chi connectivity index (χ3v) is 1.36. The zero-order valence-electron chi connectivity index (χ0n) is 7.02. The van der Waals surface area contributed by atoms with E-state index in [2.05, 4.69) is 0 Å². The first-order valence-corrected chi connectivity index (χ1v) is 3.90. The summed E-state index contributed by atoms with van der Waals surface area (Å²) >= 11 is 0. The minimum absolute atomic E-state index is 0. The van der Waals surface area contributed by atoms with Crippen molar-refractivity contribution in [1.82, 2.24) is 0 Å². The molecule has 0 fully saturated rings. The van der Waals surface area contributed by atoms with Crippen LogP contribution in [0.2, 0.25) is 0 Å². The fourth-order valence-electron chi connectivity index (χ4n) is 0.571. The molecule has 0 rings (SSSR count). The molecular weight excluding hydrogens is 176 g/mol. The van der Waals surface area contributed by atoms with Gasteiger partial charge in [-0.05, 0) is 19.8 Å². The molecule has 0 radical (unpaired) electrons. The number of hydrogen-bond acceptors (Lipinski definition) is 2. The topological polar surface area (TPSA) is 26.3 Å². The van der Waals surface area contributed by atoms with E-state index < -0.39 is 0 Å². The standard InChI is InChI=1S/C8H16O2.4CH4/c1-4-6-8(9)10-7(3)5-2;;;;/h7H,4-6H2,1-3H3;4*1H4. The first kappa shape index (κ1) is 29.2. The third kappa shape index (κ3) is 17.5. The van der Waals surface area contributed by atoms with E-state index in [0.717, 1.165) is 12.8 Å². The number of carbonyl (C=O) groups excluding carboxylic acids is 1. The van der Waals surface area contributed by atoms with Crippen LogP contribution in [0, 0.1) is 0 Å². The fraction of sp³-hybridized carbons (Fsp3) is 0.917. The van der Waals surface area contributed by atoms with Crippen molar-refractivity contribution in [2.75, 3.05) is 0 Å². The minimum atomic E-state index is -0.0724. The summed E-state index contributed by atoms with van der Waals surface area (Å²) in [4.78, 5) is 10.8. The van der Waals surface area contributed by atoms with Crippen LogP contribution < -0.4 is 0 Å². The van der Waals surface area contributed by atoms with Crippen molar-refractivity contribution in [2.45, 2.75) is 75.8 Å². The van der Waals surface area contributed by atoms with E-state index >= 15 is 0 Å². The van der Waals surface area contributed by atoms with Gasteiger partial charge in [-0.2, -0.15) is 0 Å². The molecule has 92 valence electrons. The average Bonchev–Trinajstić information content (AvgIpc) is 1.88. The summed E-state index contributed by atoms with van der Waals surface area (Å²) in [5.41, 5.74) is 0. The molecule has 14 heavy (non-hydrogen) atoms. The zero-order chi connectivity index (χ0) is 7.98. The number of carbonyl (C=O) groups is 1. The highest BCUT2D eigenvalue weighted by molar-refractivity contribution is 5.69. The van der Waals surface area contributed by atoms with Crippen LogP contribution in [0.15, 0.2) is 0 Å². The third-order valence-electron chi connectivity index (χ3n) is 1.36. The van der Waals surface area contributed by atoms with Gasteiger partial charge in [-0.1, -0.05) is 43.6 Å². The highest BCUT2D eigenvalue weighted by atomic mass is 16.5. The second kappa shape index (κ2) is 18.3. The van der Waals surface area contributed by atoms with Gasteiger partial charge >= 0.3 is 5.97 Å². The van der Waals surface area contributed by atoms with Crippen molar-refractivity contribution < 1.29 is 9.53 Å². The Balaban J connectivity index is -0.0000000675. The second-order valence-corrected chi connectivity index (χ2v) is 2.46. The van der Waals surface area contributed by atoms with Crippen LogP contribution in [0.5, 0.6) is 0 Å². The smallest absolute Gasteiger partial charge is 0.306 e. The summed E-state index contributed by atoms with van der Waals surface area (Å²) in [6.07, 6.45) is 2.40. The van der Waals surface area contributed by atoms with Gasteiger partial charge in [-0.3, -0.25) is 4.79 Å². The lowest BCUT2D eigenvalue weighted by Gasteiger charge is -2.09. The quantitative estimate of drug-likeness (QED) is 0.627. The van der Waals surface area contributed by atoms with E-state index in [1.165, 1.54) is 0 Å². The normalized spacial score (nSPS) is 9.07. The van der Waals surface area contributed by atoms with Gasteiger partial charge in [0.15, 0.2) is 0 Å². The molecule has 0 aliphatic heterocycles. The summed E-state index contributed by atoms with van der Waals surface area (Å²) in [6.45, 7) is 5.88. The number of rotatable bonds is 4. The predicted octanol–water partition coefficient (Wildman–Crippen LogP) is 4.67. The number of hydrogen-bond donors (Lipinski definition) is 0. The molecule has 1 unspecified atom stereocenters. The van der Waals surface area contributed by atoms with Crippen LogP contribution in [0.3, 0.4) is 0 Å².